The van der Waals surface area contributed by atoms with Crippen molar-refractivity contribution in [1.82, 2.24) is 4.72 Å². The van der Waals surface area contributed by atoms with E-state index in [0.29, 0.717) is 13.2 Å². The van der Waals surface area contributed by atoms with Gasteiger partial charge in [0.15, 0.2) is 0 Å². The molecule has 120 valence electrons. The Morgan fingerprint density at radius 2 is 2.05 bits per heavy atom. The zero-order valence-corrected chi connectivity index (χ0v) is 13.0. The highest BCUT2D eigenvalue weighted by Gasteiger charge is 2.21. The maximum Gasteiger partial charge on any atom is 0.243 e. The standard InChI is InChI=1S/C12H17ClFNO5S/c1-19-4-5-20-3-2-15-21(17,18)11-7-10(13)6-9(8-16)12(11)14/h6-7,15-16H,2-5,8H2,1H3. The fraction of sp³-hybridized carbons (Fsp3) is 0.500. The molecule has 1 rings (SSSR count). The molecule has 0 amide bonds. The lowest BCUT2D eigenvalue weighted by molar-refractivity contribution is 0.0736. The smallest absolute Gasteiger partial charge is 0.243 e. The lowest BCUT2D eigenvalue weighted by Gasteiger charge is -2.10. The van der Waals surface area contributed by atoms with Gasteiger partial charge in [-0.3, -0.25) is 0 Å². The molecule has 0 aliphatic rings. The molecule has 0 heterocycles. The second-order valence-electron chi connectivity index (χ2n) is 4.04. The Labute approximate surface area is 127 Å². The van der Waals surface area contributed by atoms with E-state index in [0.717, 1.165) is 6.07 Å². The number of benzene rings is 1. The van der Waals surface area contributed by atoms with Gasteiger partial charge < -0.3 is 14.6 Å². The molecule has 1 aromatic carbocycles. The van der Waals surface area contributed by atoms with Crippen LogP contribution in [-0.4, -0.2) is 47.0 Å². The first-order valence-corrected chi connectivity index (χ1v) is 7.93. The summed E-state index contributed by atoms with van der Waals surface area (Å²) in [6, 6.07) is 2.16. The number of methoxy groups -OCH3 is 1. The van der Waals surface area contributed by atoms with Crippen LogP contribution in [-0.2, 0) is 26.1 Å². The second-order valence-corrected chi connectivity index (χ2v) is 6.21. The molecule has 6 nitrogen and oxygen atoms in total. The SMILES string of the molecule is COCCOCCNS(=O)(=O)c1cc(Cl)cc(CO)c1F. The summed E-state index contributed by atoms with van der Waals surface area (Å²) < 4.78 is 50.0. The average molecular weight is 342 g/mol. The van der Waals surface area contributed by atoms with Crippen molar-refractivity contribution >= 4 is 21.6 Å². The number of hydrogen-bond acceptors (Lipinski definition) is 5. The third-order valence-electron chi connectivity index (χ3n) is 2.51. The Bertz CT molecular complexity index is 567. The topological polar surface area (TPSA) is 84.9 Å². The Morgan fingerprint density at radius 1 is 1.33 bits per heavy atom. The molecule has 0 fully saturated rings. The van der Waals surface area contributed by atoms with Gasteiger partial charge in [0.05, 0.1) is 26.4 Å². The summed E-state index contributed by atoms with van der Waals surface area (Å²) in [7, 11) is -2.55. The van der Waals surface area contributed by atoms with Crippen LogP contribution in [0.3, 0.4) is 0 Å². The molecular formula is C12H17ClFNO5S. The van der Waals surface area contributed by atoms with Gasteiger partial charge in [-0.2, -0.15) is 0 Å². The van der Waals surface area contributed by atoms with Gasteiger partial charge in [0.25, 0.3) is 0 Å². The molecule has 0 atom stereocenters. The largest absolute Gasteiger partial charge is 0.392 e. The minimum absolute atomic E-state index is 0.0214. The number of hydrogen-bond donors (Lipinski definition) is 2. The highest BCUT2D eigenvalue weighted by Crippen LogP contribution is 2.23. The maximum atomic E-state index is 13.9. The first kappa shape index (κ1) is 18.3. The number of nitrogens with one attached hydrogen (secondary N) is 1. The average Bonchev–Trinajstić information content (AvgIpc) is 2.44. The van der Waals surface area contributed by atoms with E-state index in [1.165, 1.54) is 13.2 Å². The Balaban J connectivity index is 2.72. The van der Waals surface area contributed by atoms with Gasteiger partial charge in [-0.15, -0.1) is 0 Å². The van der Waals surface area contributed by atoms with E-state index in [1.807, 2.05) is 0 Å². The summed E-state index contributed by atoms with van der Waals surface area (Å²) in [6.07, 6.45) is 0. The van der Waals surface area contributed by atoms with Crippen molar-refractivity contribution in [3.8, 4) is 0 Å². The molecular weight excluding hydrogens is 325 g/mol. The quantitative estimate of drug-likeness (QED) is 0.652. The maximum absolute atomic E-state index is 13.9. The van der Waals surface area contributed by atoms with Crippen molar-refractivity contribution < 1.29 is 27.4 Å². The van der Waals surface area contributed by atoms with Crippen molar-refractivity contribution in [2.24, 2.45) is 0 Å². The van der Waals surface area contributed by atoms with Crippen molar-refractivity contribution in [1.29, 1.82) is 0 Å². The van der Waals surface area contributed by atoms with Crippen LogP contribution in [0.5, 0.6) is 0 Å². The summed E-state index contributed by atoms with van der Waals surface area (Å²) in [4.78, 5) is -0.601. The van der Waals surface area contributed by atoms with Crippen LogP contribution < -0.4 is 4.72 Å². The second kappa shape index (κ2) is 8.62. The highest BCUT2D eigenvalue weighted by molar-refractivity contribution is 7.89. The van der Waals surface area contributed by atoms with E-state index in [9.17, 15) is 12.8 Å². The van der Waals surface area contributed by atoms with Gasteiger partial charge in [0.2, 0.25) is 10.0 Å². The van der Waals surface area contributed by atoms with Crippen LogP contribution in [0.2, 0.25) is 5.02 Å². The van der Waals surface area contributed by atoms with Crippen molar-refractivity contribution in [2.45, 2.75) is 11.5 Å². The molecule has 0 aromatic heterocycles. The van der Waals surface area contributed by atoms with Crippen molar-refractivity contribution in [3.63, 3.8) is 0 Å². The van der Waals surface area contributed by atoms with Gasteiger partial charge in [-0.1, -0.05) is 11.6 Å². The van der Waals surface area contributed by atoms with Crippen molar-refractivity contribution in [3.05, 3.63) is 28.5 Å². The van der Waals surface area contributed by atoms with Crippen LogP contribution in [0, 0.1) is 5.82 Å². The van der Waals surface area contributed by atoms with Crippen LogP contribution in [0.4, 0.5) is 4.39 Å². The van der Waals surface area contributed by atoms with Crippen LogP contribution in [0.1, 0.15) is 5.56 Å². The minimum Gasteiger partial charge on any atom is -0.392 e. The van der Waals surface area contributed by atoms with E-state index < -0.39 is 27.3 Å². The van der Waals surface area contributed by atoms with E-state index in [-0.39, 0.29) is 23.7 Å². The first-order chi connectivity index (χ1) is 9.92. The number of aliphatic hydroxyl groups excluding tert-OH is 1. The predicted molar refractivity (Wildman–Crippen MR) is 75.2 cm³/mol. The fourth-order valence-corrected chi connectivity index (χ4v) is 2.96. The van der Waals surface area contributed by atoms with E-state index in [4.69, 9.17) is 26.2 Å². The molecule has 0 spiro atoms. The monoisotopic (exact) mass is 341 g/mol. The van der Waals surface area contributed by atoms with Crippen molar-refractivity contribution in [2.75, 3.05) is 33.5 Å². The molecule has 2 N–H and O–H groups in total. The molecule has 0 aliphatic heterocycles. The molecule has 0 saturated heterocycles. The van der Waals surface area contributed by atoms with E-state index in [1.54, 1.807) is 0 Å². The van der Waals surface area contributed by atoms with Crippen LogP contribution in [0.25, 0.3) is 0 Å². The zero-order valence-electron chi connectivity index (χ0n) is 11.4. The molecule has 0 saturated carbocycles. The normalized spacial score (nSPS) is 11.8. The number of rotatable bonds is 9. The van der Waals surface area contributed by atoms with Gasteiger partial charge in [-0.05, 0) is 12.1 Å². The third kappa shape index (κ3) is 5.50. The zero-order chi connectivity index (χ0) is 15.9. The van der Waals surface area contributed by atoms with Gasteiger partial charge in [0, 0.05) is 24.2 Å². The third-order valence-corrected chi connectivity index (χ3v) is 4.19. The van der Waals surface area contributed by atoms with Gasteiger partial charge >= 0.3 is 0 Å². The van der Waals surface area contributed by atoms with Gasteiger partial charge in [-0.25, -0.2) is 17.5 Å². The molecule has 0 unspecified atom stereocenters. The predicted octanol–water partition coefficient (Wildman–Crippen LogP) is 0.913. The number of halogens is 2. The van der Waals surface area contributed by atoms with Crippen LogP contribution >= 0.6 is 11.6 Å². The molecule has 9 heteroatoms. The Hall–Kier alpha value is -0.770. The fourth-order valence-electron chi connectivity index (χ4n) is 1.50. The molecule has 0 bridgehead atoms. The highest BCUT2D eigenvalue weighted by atomic mass is 35.5. The summed E-state index contributed by atoms with van der Waals surface area (Å²) in [5.41, 5.74) is -0.181. The minimum atomic E-state index is -4.07. The molecule has 0 radical (unpaired) electrons. The molecule has 0 aliphatic carbocycles. The Kier molecular flexibility index (Phi) is 7.50. The van der Waals surface area contributed by atoms with Crippen LogP contribution in [0.15, 0.2) is 17.0 Å². The summed E-state index contributed by atoms with van der Waals surface area (Å²) >= 11 is 5.72. The number of aliphatic hydroxyl groups is 1. The summed E-state index contributed by atoms with van der Waals surface area (Å²) in [6.45, 7) is 0.188. The van der Waals surface area contributed by atoms with Gasteiger partial charge in [0.1, 0.15) is 10.7 Å². The van der Waals surface area contributed by atoms with E-state index >= 15 is 0 Å². The summed E-state index contributed by atoms with van der Waals surface area (Å²) in [5.74, 6) is -1.02. The molecule has 21 heavy (non-hydrogen) atoms. The lowest BCUT2D eigenvalue weighted by atomic mass is 10.2. The Morgan fingerprint density at radius 3 is 2.67 bits per heavy atom. The first-order valence-electron chi connectivity index (χ1n) is 6.07. The lowest BCUT2D eigenvalue weighted by Crippen LogP contribution is -2.28. The molecule has 1 aromatic rings. The summed E-state index contributed by atoms with van der Waals surface area (Å²) in [5, 5.41) is 9.01. The number of sulfonamides is 1. The number of ether oxygens (including phenoxy) is 2. The van der Waals surface area contributed by atoms with E-state index in [2.05, 4.69) is 4.72 Å².